The maximum absolute atomic E-state index is 12.9. The number of hydrogen-bond donors (Lipinski definition) is 2. The number of anilines is 2. The highest BCUT2D eigenvalue weighted by molar-refractivity contribution is 6.32. The van der Waals surface area contributed by atoms with E-state index in [4.69, 9.17) is 16.3 Å². The van der Waals surface area contributed by atoms with E-state index in [1.807, 2.05) is 0 Å². The van der Waals surface area contributed by atoms with Crippen molar-refractivity contribution in [2.24, 2.45) is 11.8 Å². The van der Waals surface area contributed by atoms with Crippen LogP contribution in [0.1, 0.15) is 6.42 Å². The van der Waals surface area contributed by atoms with E-state index in [0.717, 1.165) is 0 Å². The Balaban J connectivity index is 1.55. The van der Waals surface area contributed by atoms with Crippen LogP contribution >= 0.6 is 11.6 Å². The van der Waals surface area contributed by atoms with Crippen LogP contribution in [-0.2, 0) is 9.59 Å². The molecule has 1 fully saturated rings. The molecule has 2 amide bonds. The smallest absolute Gasteiger partial charge is 0.228 e. The lowest BCUT2D eigenvalue weighted by Gasteiger charge is -2.08. The van der Waals surface area contributed by atoms with Crippen LogP contribution in [0.3, 0.4) is 0 Å². The van der Waals surface area contributed by atoms with E-state index >= 15 is 0 Å². The average molecular weight is 363 g/mol. The maximum atomic E-state index is 12.9. The molecule has 0 aromatic heterocycles. The molecule has 0 bridgehead atoms. The number of hydrogen-bond acceptors (Lipinski definition) is 3. The summed E-state index contributed by atoms with van der Waals surface area (Å²) in [5.74, 6) is -1.12. The number of amides is 2. The highest BCUT2D eigenvalue weighted by Gasteiger charge is 2.48. The van der Waals surface area contributed by atoms with Crippen molar-refractivity contribution in [3.63, 3.8) is 0 Å². The number of nitrogens with one attached hydrogen (secondary N) is 2. The molecule has 25 heavy (non-hydrogen) atoms. The van der Waals surface area contributed by atoms with E-state index in [9.17, 15) is 14.0 Å². The predicted molar refractivity (Wildman–Crippen MR) is 93.3 cm³/mol. The molecule has 0 aliphatic heterocycles. The molecular formula is C18H16ClFN2O3. The molecule has 3 rings (SSSR count). The minimum Gasteiger partial charge on any atom is -0.495 e. The molecule has 2 unspecified atom stereocenters. The third kappa shape index (κ3) is 4.09. The Morgan fingerprint density at radius 1 is 1.04 bits per heavy atom. The van der Waals surface area contributed by atoms with Crippen molar-refractivity contribution in [3.8, 4) is 5.75 Å². The van der Waals surface area contributed by atoms with Gasteiger partial charge in [-0.15, -0.1) is 0 Å². The monoisotopic (exact) mass is 362 g/mol. The molecular weight excluding hydrogens is 347 g/mol. The molecule has 5 nitrogen and oxygen atoms in total. The zero-order valence-corrected chi connectivity index (χ0v) is 14.1. The van der Waals surface area contributed by atoms with Gasteiger partial charge in [0, 0.05) is 11.4 Å². The van der Waals surface area contributed by atoms with Crippen molar-refractivity contribution < 1.29 is 18.7 Å². The van der Waals surface area contributed by atoms with Crippen LogP contribution in [0, 0.1) is 17.7 Å². The van der Waals surface area contributed by atoms with E-state index in [-0.39, 0.29) is 23.5 Å². The minimum atomic E-state index is -0.390. The number of carbonyl (C=O) groups is 2. The van der Waals surface area contributed by atoms with Crippen molar-refractivity contribution in [3.05, 3.63) is 53.3 Å². The Kier molecular flexibility index (Phi) is 4.90. The lowest BCUT2D eigenvalue weighted by atomic mass is 10.2. The number of methoxy groups -OCH3 is 1. The standard InChI is InChI=1S/C18H16ClFN2O3/c1-25-16-7-6-12(8-15(16)19)22-18(24)14-9-13(14)17(23)21-11-4-2-10(20)3-5-11/h2-8,13-14H,9H2,1H3,(H,21,23)(H,22,24). The summed E-state index contributed by atoms with van der Waals surface area (Å²) in [5, 5.41) is 5.81. The third-order valence-corrected chi connectivity index (χ3v) is 4.29. The lowest BCUT2D eigenvalue weighted by Crippen LogP contribution is -2.20. The number of benzene rings is 2. The summed E-state index contributed by atoms with van der Waals surface area (Å²) in [4.78, 5) is 24.4. The van der Waals surface area contributed by atoms with Crippen molar-refractivity contribution >= 4 is 34.8 Å². The Morgan fingerprint density at radius 2 is 1.60 bits per heavy atom. The summed E-state index contributed by atoms with van der Waals surface area (Å²) in [6, 6.07) is 10.4. The molecule has 2 N–H and O–H groups in total. The zero-order chi connectivity index (χ0) is 18.0. The first-order valence-electron chi connectivity index (χ1n) is 7.69. The summed E-state index contributed by atoms with van der Waals surface area (Å²) < 4.78 is 17.9. The second kappa shape index (κ2) is 7.11. The fourth-order valence-electron chi connectivity index (χ4n) is 2.52. The second-order valence-corrected chi connectivity index (χ2v) is 6.19. The molecule has 130 valence electrons. The van der Waals surface area contributed by atoms with Crippen LogP contribution in [-0.4, -0.2) is 18.9 Å². The van der Waals surface area contributed by atoms with E-state index < -0.39 is 5.92 Å². The lowest BCUT2D eigenvalue weighted by molar-refractivity contribution is -0.122. The second-order valence-electron chi connectivity index (χ2n) is 5.78. The van der Waals surface area contributed by atoms with Crippen LogP contribution in [0.2, 0.25) is 5.02 Å². The normalized spacial score (nSPS) is 18.4. The van der Waals surface area contributed by atoms with Gasteiger partial charge in [0.05, 0.1) is 24.0 Å². The fourth-order valence-corrected chi connectivity index (χ4v) is 2.78. The van der Waals surface area contributed by atoms with E-state index in [1.54, 1.807) is 18.2 Å². The van der Waals surface area contributed by atoms with Gasteiger partial charge in [0.15, 0.2) is 0 Å². The molecule has 7 heteroatoms. The number of ether oxygens (including phenoxy) is 1. The third-order valence-electron chi connectivity index (χ3n) is 4.00. The van der Waals surface area contributed by atoms with Crippen molar-refractivity contribution in [2.75, 3.05) is 17.7 Å². The Labute approximate surface area is 149 Å². The minimum absolute atomic E-state index is 0.236. The van der Waals surface area contributed by atoms with Gasteiger partial charge in [-0.1, -0.05) is 11.6 Å². The molecule has 0 heterocycles. The van der Waals surface area contributed by atoms with Crippen molar-refractivity contribution in [1.29, 1.82) is 0 Å². The van der Waals surface area contributed by atoms with E-state index in [2.05, 4.69) is 10.6 Å². The van der Waals surface area contributed by atoms with Gasteiger partial charge in [0.25, 0.3) is 0 Å². The topological polar surface area (TPSA) is 67.4 Å². The molecule has 1 aliphatic rings. The van der Waals surface area contributed by atoms with E-state index in [0.29, 0.717) is 28.6 Å². The van der Waals surface area contributed by atoms with Gasteiger partial charge >= 0.3 is 0 Å². The highest BCUT2D eigenvalue weighted by Crippen LogP contribution is 2.40. The van der Waals surface area contributed by atoms with Gasteiger partial charge < -0.3 is 15.4 Å². The zero-order valence-electron chi connectivity index (χ0n) is 13.4. The summed E-state index contributed by atoms with van der Waals surface area (Å²) in [7, 11) is 1.51. The molecule has 2 atom stereocenters. The van der Waals surface area contributed by atoms with Gasteiger partial charge in [-0.3, -0.25) is 9.59 Å². The predicted octanol–water partition coefficient (Wildman–Crippen LogP) is 3.70. The van der Waals surface area contributed by atoms with Crippen LogP contribution in [0.4, 0.5) is 15.8 Å². The Hall–Kier alpha value is -2.60. The fraction of sp³-hybridized carbons (Fsp3) is 0.222. The van der Waals surface area contributed by atoms with Gasteiger partial charge in [0.1, 0.15) is 11.6 Å². The highest BCUT2D eigenvalue weighted by atomic mass is 35.5. The Bertz CT molecular complexity index is 810. The number of carbonyl (C=O) groups excluding carboxylic acids is 2. The Morgan fingerprint density at radius 3 is 2.16 bits per heavy atom. The summed E-state index contributed by atoms with van der Waals surface area (Å²) in [5.41, 5.74) is 1.04. The molecule has 1 aliphatic carbocycles. The quantitative estimate of drug-likeness (QED) is 0.852. The molecule has 0 radical (unpaired) electrons. The van der Waals surface area contributed by atoms with Gasteiger partial charge in [-0.25, -0.2) is 4.39 Å². The van der Waals surface area contributed by atoms with Crippen LogP contribution in [0.5, 0.6) is 5.75 Å². The molecule has 0 saturated heterocycles. The SMILES string of the molecule is COc1ccc(NC(=O)C2CC2C(=O)Nc2ccc(F)cc2)cc1Cl. The van der Waals surface area contributed by atoms with Gasteiger partial charge in [0.2, 0.25) is 11.8 Å². The van der Waals surface area contributed by atoms with Gasteiger partial charge in [-0.2, -0.15) is 0 Å². The summed E-state index contributed by atoms with van der Waals surface area (Å²) in [6.07, 6.45) is 0.475. The summed E-state index contributed by atoms with van der Waals surface area (Å²) in [6.45, 7) is 0. The maximum Gasteiger partial charge on any atom is 0.228 e. The van der Waals surface area contributed by atoms with Crippen molar-refractivity contribution in [1.82, 2.24) is 0 Å². The number of halogens is 2. The summed E-state index contributed by atoms with van der Waals surface area (Å²) >= 11 is 6.02. The van der Waals surface area contributed by atoms with Crippen LogP contribution in [0.25, 0.3) is 0 Å². The van der Waals surface area contributed by atoms with Gasteiger partial charge in [-0.05, 0) is 48.9 Å². The number of rotatable bonds is 5. The largest absolute Gasteiger partial charge is 0.495 e. The molecule has 0 spiro atoms. The molecule has 1 saturated carbocycles. The van der Waals surface area contributed by atoms with Crippen molar-refractivity contribution in [2.45, 2.75) is 6.42 Å². The first kappa shape index (κ1) is 17.2. The molecule has 2 aromatic carbocycles. The first-order valence-corrected chi connectivity index (χ1v) is 8.06. The van der Waals surface area contributed by atoms with E-state index in [1.165, 1.54) is 31.4 Å². The van der Waals surface area contributed by atoms with Crippen LogP contribution < -0.4 is 15.4 Å². The first-order chi connectivity index (χ1) is 12.0. The average Bonchev–Trinajstić information content (AvgIpc) is 3.38. The molecule has 2 aromatic rings. The van der Waals surface area contributed by atoms with Crippen LogP contribution in [0.15, 0.2) is 42.5 Å².